The molecule has 1 heterocycles. The molecule has 0 radical (unpaired) electrons. The number of hydrogen-bond donors (Lipinski definition) is 5. The molecule has 0 unspecified atom stereocenters. The van der Waals surface area contributed by atoms with Crippen molar-refractivity contribution in [2.24, 2.45) is 0 Å². The average Bonchev–Trinajstić information content (AvgIpc) is 3.31. The number of carboxylic acid groups (broad SMARTS) is 1. The average molecular weight is 623 g/mol. The zero-order chi connectivity index (χ0) is 32.0. The lowest BCUT2D eigenvalue weighted by Crippen LogP contribution is -2.23. The summed E-state index contributed by atoms with van der Waals surface area (Å²) in [4.78, 5) is 44.7. The number of aliphatic hydroxyl groups excluding tert-OH is 1. The Labute approximate surface area is 255 Å². The number of hydrogen-bond acceptors (Lipinski definition) is 4. The van der Waals surface area contributed by atoms with Crippen molar-refractivity contribution < 1.29 is 38.5 Å². The number of aliphatic hydroxyl groups is 1. The van der Waals surface area contributed by atoms with Gasteiger partial charge in [0.05, 0.1) is 29.4 Å². The first kappa shape index (κ1) is 32.8. The number of halogens is 1. The van der Waals surface area contributed by atoms with Crippen molar-refractivity contribution in [3.05, 3.63) is 102 Å². The molecular weight excluding hydrogens is 586 g/mol. The van der Waals surface area contributed by atoms with Gasteiger partial charge in [0.1, 0.15) is 5.82 Å². The summed E-state index contributed by atoms with van der Waals surface area (Å²) >= 11 is 0. The van der Waals surface area contributed by atoms with Crippen LogP contribution in [0.3, 0.4) is 0 Å². The number of nitrogens with zero attached hydrogens (tertiary/aromatic N) is 1. The number of rotatable bonds is 13. The van der Waals surface area contributed by atoms with Gasteiger partial charge in [0, 0.05) is 23.5 Å². The van der Waals surface area contributed by atoms with E-state index in [-0.39, 0.29) is 31.2 Å². The van der Waals surface area contributed by atoms with E-state index in [0.29, 0.717) is 33.8 Å². The van der Waals surface area contributed by atoms with Crippen molar-refractivity contribution in [3.8, 4) is 22.4 Å². The molecule has 44 heavy (non-hydrogen) atoms. The first-order valence-electron chi connectivity index (χ1n) is 14.3. The molecule has 5 N–H and O–H groups in total. The topological polar surface area (TPSA) is 149 Å². The van der Waals surface area contributed by atoms with Crippen LogP contribution < -0.4 is 5.32 Å². The van der Waals surface area contributed by atoms with Crippen LogP contribution in [0.1, 0.15) is 55.1 Å². The lowest BCUT2D eigenvalue weighted by Gasteiger charge is -2.22. The molecule has 0 aliphatic carbocycles. The van der Waals surface area contributed by atoms with Crippen LogP contribution in [0.2, 0.25) is 0 Å². The van der Waals surface area contributed by atoms with Crippen LogP contribution >= 0.6 is 7.60 Å². The Morgan fingerprint density at radius 2 is 1.48 bits per heavy atom. The van der Waals surface area contributed by atoms with Crippen LogP contribution in [-0.4, -0.2) is 48.2 Å². The first-order chi connectivity index (χ1) is 20.9. The number of carbonyl (C=O) groups is 2. The molecule has 3 aromatic carbocycles. The highest BCUT2D eigenvalue weighted by molar-refractivity contribution is 7.52. The molecule has 4 rings (SSSR count). The van der Waals surface area contributed by atoms with Gasteiger partial charge < -0.3 is 29.9 Å². The van der Waals surface area contributed by atoms with Crippen molar-refractivity contribution in [3.63, 3.8) is 0 Å². The lowest BCUT2D eigenvalue weighted by molar-refractivity contribution is -0.137. The molecule has 11 heteroatoms. The predicted molar refractivity (Wildman–Crippen MR) is 167 cm³/mol. The third kappa shape index (κ3) is 7.89. The minimum atomic E-state index is -4.73. The van der Waals surface area contributed by atoms with E-state index in [9.17, 15) is 33.4 Å². The summed E-state index contributed by atoms with van der Waals surface area (Å²) in [5, 5.41) is 23.4. The Kier molecular flexibility index (Phi) is 10.5. The summed E-state index contributed by atoms with van der Waals surface area (Å²) in [5.74, 6) is -2.40. The zero-order valence-electron chi connectivity index (χ0n) is 24.4. The van der Waals surface area contributed by atoms with Gasteiger partial charge >= 0.3 is 13.6 Å². The third-order valence-electron chi connectivity index (χ3n) is 7.40. The SMILES string of the molecule is CC(C)c1c(C(=O)Nc2ccccc2)c(-c2ccccc2)c(-c2ccc(F)cc2)n1C[C@H](O)CC[C@H](CC(=O)O)P(=O)(O)O. The number of aliphatic carboxylic acids is 1. The Balaban J connectivity index is 1.89. The maximum absolute atomic E-state index is 14.1. The number of anilines is 1. The number of carboxylic acids is 1. The van der Waals surface area contributed by atoms with Crippen LogP contribution in [0.25, 0.3) is 22.4 Å². The van der Waals surface area contributed by atoms with Gasteiger partial charge in [0.15, 0.2) is 0 Å². The fourth-order valence-corrected chi connectivity index (χ4v) is 6.32. The van der Waals surface area contributed by atoms with Crippen LogP contribution in [0.5, 0.6) is 0 Å². The number of nitrogens with one attached hydrogen (secondary N) is 1. The van der Waals surface area contributed by atoms with E-state index in [2.05, 4.69) is 5.32 Å². The Morgan fingerprint density at radius 1 is 0.886 bits per heavy atom. The molecule has 2 atom stereocenters. The third-order valence-corrected chi connectivity index (χ3v) is 8.79. The normalized spacial score (nSPS) is 13.1. The fourth-order valence-electron chi connectivity index (χ4n) is 5.44. The van der Waals surface area contributed by atoms with Gasteiger partial charge in [-0.1, -0.05) is 62.4 Å². The second-order valence-electron chi connectivity index (χ2n) is 11.0. The lowest BCUT2D eigenvalue weighted by atomic mass is 9.94. The molecule has 4 aromatic rings. The quantitative estimate of drug-likeness (QED) is 0.107. The summed E-state index contributed by atoms with van der Waals surface area (Å²) in [7, 11) is -4.73. The molecule has 0 saturated heterocycles. The molecule has 1 aromatic heterocycles. The summed E-state index contributed by atoms with van der Waals surface area (Å²) in [5.41, 5.74) is 2.58. The second kappa shape index (κ2) is 14.1. The number of para-hydroxylation sites is 1. The number of aromatic nitrogens is 1. The smallest absolute Gasteiger partial charge is 0.329 e. The van der Waals surface area contributed by atoms with Crippen LogP contribution in [0, 0.1) is 5.82 Å². The highest BCUT2D eigenvalue weighted by atomic mass is 31.2. The number of carbonyl (C=O) groups excluding carboxylic acids is 1. The molecular formula is C33H36FN2O7P. The van der Waals surface area contributed by atoms with Gasteiger partial charge in [-0.05, 0) is 66.3 Å². The Morgan fingerprint density at radius 3 is 2.02 bits per heavy atom. The summed E-state index contributed by atoms with van der Waals surface area (Å²) in [6.45, 7) is 3.76. The summed E-state index contributed by atoms with van der Waals surface area (Å²) in [6.07, 6.45) is -2.22. The van der Waals surface area contributed by atoms with Crippen LogP contribution in [0.15, 0.2) is 84.9 Å². The molecule has 0 saturated carbocycles. The van der Waals surface area contributed by atoms with Gasteiger partial charge in [-0.3, -0.25) is 14.2 Å². The van der Waals surface area contributed by atoms with Crippen molar-refractivity contribution in [2.45, 2.75) is 57.3 Å². The standard InChI is InChI=1S/C33H36FN2O7P/c1-21(2)31-30(33(40)35-25-11-7-4-8-12-25)29(22-9-5-3-6-10-22)32(23-13-15-24(34)16-14-23)36(31)20-26(37)17-18-27(19-28(38)39)44(41,42)43/h3-16,21,26-27,37H,17-20H2,1-2H3,(H,35,40)(H,38,39)(H2,41,42,43)/t26-,27-/m1/s1. The van der Waals surface area contributed by atoms with Gasteiger partial charge in [-0.2, -0.15) is 0 Å². The summed E-state index contributed by atoms with van der Waals surface area (Å²) in [6, 6.07) is 24.1. The zero-order valence-corrected chi connectivity index (χ0v) is 25.3. The molecule has 0 aliphatic rings. The molecule has 232 valence electrons. The van der Waals surface area contributed by atoms with Crippen molar-refractivity contribution in [1.29, 1.82) is 0 Å². The number of benzene rings is 3. The summed E-state index contributed by atoms with van der Waals surface area (Å²) < 4.78 is 27.8. The first-order valence-corrected chi connectivity index (χ1v) is 15.9. The molecule has 0 aliphatic heterocycles. The minimum absolute atomic E-state index is 0.0698. The Bertz CT molecular complexity index is 1630. The molecule has 0 bridgehead atoms. The van der Waals surface area contributed by atoms with E-state index in [1.54, 1.807) is 36.4 Å². The molecule has 0 fully saturated rings. The highest BCUT2D eigenvalue weighted by Gasteiger charge is 2.33. The Hall–Kier alpha value is -4.08. The van der Waals surface area contributed by atoms with E-state index in [4.69, 9.17) is 5.11 Å². The van der Waals surface area contributed by atoms with Gasteiger partial charge in [-0.25, -0.2) is 4.39 Å². The van der Waals surface area contributed by atoms with E-state index in [1.807, 2.05) is 54.8 Å². The minimum Gasteiger partial charge on any atom is -0.481 e. The van der Waals surface area contributed by atoms with Gasteiger partial charge in [-0.15, -0.1) is 0 Å². The van der Waals surface area contributed by atoms with E-state index in [0.717, 1.165) is 5.56 Å². The highest BCUT2D eigenvalue weighted by Crippen LogP contribution is 2.46. The van der Waals surface area contributed by atoms with Crippen molar-refractivity contribution in [2.75, 3.05) is 5.32 Å². The second-order valence-corrected chi connectivity index (χ2v) is 12.9. The maximum Gasteiger partial charge on any atom is 0.329 e. The van der Waals surface area contributed by atoms with E-state index < -0.39 is 37.6 Å². The predicted octanol–water partition coefficient (Wildman–Crippen LogP) is 6.50. The molecule has 0 spiro atoms. The largest absolute Gasteiger partial charge is 0.481 e. The fraction of sp³-hybridized carbons (Fsp3) is 0.273. The molecule has 9 nitrogen and oxygen atoms in total. The maximum atomic E-state index is 14.1. The monoisotopic (exact) mass is 622 g/mol. The van der Waals surface area contributed by atoms with E-state index >= 15 is 0 Å². The molecule has 1 amide bonds. The van der Waals surface area contributed by atoms with Gasteiger partial charge in [0.25, 0.3) is 5.91 Å². The number of amides is 1. The van der Waals surface area contributed by atoms with Crippen molar-refractivity contribution >= 4 is 25.2 Å². The van der Waals surface area contributed by atoms with E-state index in [1.165, 1.54) is 12.1 Å². The van der Waals surface area contributed by atoms with Crippen LogP contribution in [0.4, 0.5) is 10.1 Å². The van der Waals surface area contributed by atoms with Crippen molar-refractivity contribution in [1.82, 2.24) is 4.57 Å². The van der Waals surface area contributed by atoms with Crippen LogP contribution in [-0.2, 0) is 15.9 Å². The van der Waals surface area contributed by atoms with Gasteiger partial charge in [0.2, 0.25) is 0 Å².